The standard InChI is InChI=1S/C21H22N2O4/c1-3-27-21(26)15-7-6-8-17(11-15)22-20(25)14(2)23-12-16(13-24)18-9-4-5-10-19(18)23/h4-12,14,24H,3,13H2,1-2H3,(H,22,25). The van der Waals surface area contributed by atoms with Crippen molar-refractivity contribution in [3.05, 3.63) is 65.9 Å². The number of fused-ring (bicyclic) bond motifs is 1. The number of nitrogens with one attached hydrogen (secondary N) is 1. The molecule has 0 spiro atoms. The largest absolute Gasteiger partial charge is 0.462 e. The van der Waals surface area contributed by atoms with Gasteiger partial charge in [0.25, 0.3) is 0 Å². The Bertz CT molecular complexity index is 977. The molecule has 3 rings (SSSR count). The molecule has 6 nitrogen and oxygen atoms in total. The van der Waals surface area contributed by atoms with Gasteiger partial charge in [0.15, 0.2) is 0 Å². The fourth-order valence-corrected chi connectivity index (χ4v) is 3.04. The first-order chi connectivity index (χ1) is 13.0. The van der Waals surface area contributed by atoms with Gasteiger partial charge in [0.05, 0.1) is 18.8 Å². The predicted molar refractivity (Wildman–Crippen MR) is 104 cm³/mol. The highest BCUT2D eigenvalue weighted by molar-refractivity contribution is 5.97. The van der Waals surface area contributed by atoms with E-state index in [9.17, 15) is 14.7 Å². The van der Waals surface area contributed by atoms with Crippen LogP contribution in [0.25, 0.3) is 10.9 Å². The van der Waals surface area contributed by atoms with Crippen LogP contribution in [0.2, 0.25) is 0 Å². The van der Waals surface area contributed by atoms with Gasteiger partial charge in [-0.05, 0) is 38.1 Å². The van der Waals surface area contributed by atoms with Crippen LogP contribution in [-0.2, 0) is 16.1 Å². The number of hydrogen-bond acceptors (Lipinski definition) is 4. The third-order valence-electron chi connectivity index (χ3n) is 4.43. The van der Waals surface area contributed by atoms with Crippen LogP contribution >= 0.6 is 0 Å². The Hall–Kier alpha value is -3.12. The second-order valence-corrected chi connectivity index (χ2v) is 6.20. The van der Waals surface area contributed by atoms with Gasteiger partial charge in [0.1, 0.15) is 6.04 Å². The average Bonchev–Trinajstić information content (AvgIpc) is 3.06. The zero-order valence-electron chi connectivity index (χ0n) is 15.3. The number of hydrogen-bond donors (Lipinski definition) is 2. The van der Waals surface area contributed by atoms with Gasteiger partial charge in [-0.15, -0.1) is 0 Å². The first-order valence-electron chi connectivity index (χ1n) is 8.82. The first kappa shape index (κ1) is 18.7. The molecule has 0 saturated heterocycles. The molecule has 1 unspecified atom stereocenters. The molecule has 0 aliphatic rings. The summed E-state index contributed by atoms with van der Waals surface area (Å²) in [7, 11) is 0. The van der Waals surface area contributed by atoms with Crippen LogP contribution in [-0.4, -0.2) is 28.2 Å². The number of carbonyl (C=O) groups is 2. The van der Waals surface area contributed by atoms with Gasteiger partial charge in [0.2, 0.25) is 5.91 Å². The molecule has 1 aromatic heterocycles. The maximum atomic E-state index is 12.8. The van der Waals surface area contributed by atoms with E-state index in [2.05, 4.69) is 5.32 Å². The molecule has 0 bridgehead atoms. The van der Waals surface area contributed by atoms with Crippen LogP contribution in [0.1, 0.15) is 35.8 Å². The van der Waals surface area contributed by atoms with Gasteiger partial charge in [-0.2, -0.15) is 0 Å². The van der Waals surface area contributed by atoms with Crippen molar-refractivity contribution in [1.29, 1.82) is 0 Å². The van der Waals surface area contributed by atoms with E-state index in [1.165, 1.54) is 0 Å². The van der Waals surface area contributed by atoms with Crippen LogP contribution in [0.5, 0.6) is 0 Å². The molecule has 3 aromatic rings. The lowest BCUT2D eigenvalue weighted by Crippen LogP contribution is -2.23. The lowest BCUT2D eigenvalue weighted by Gasteiger charge is -2.16. The topological polar surface area (TPSA) is 80.6 Å². The Balaban J connectivity index is 1.83. The minimum atomic E-state index is -0.499. The highest BCUT2D eigenvalue weighted by Gasteiger charge is 2.19. The smallest absolute Gasteiger partial charge is 0.338 e. The molecular formula is C21H22N2O4. The Morgan fingerprint density at radius 1 is 1.19 bits per heavy atom. The molecule has 6 heteroatoms. The summed E-state index contributed by atoms with van der Waals surface area (Å²) in [6.07, 6.45) is 1.80. The maximum absolute atomic E-state index is 12.8. The minimum absolute atomic E-state index is 0.0938. The summed E-state index contributed by atoms with van der Waals surface area (Å²) in [6.45, 7) is 3.73. The molecule has 0 radical (unpaired) electrons. The predicted octanol–water partition coefficient (Wildman–Crippen LogP) is 3.51. The molecule has 27 heavy (non-hydrogen) atoms. The summed E-state index contributed by atoms with van der Waals surface area (Å²) in [5, 5.41) is 13.3. The summed E-state index contributed by atoms with van der Waals surface area (Å²) >= 11 is 0. The second kappa shape index (κ2) is 8.05. The van der Waals surface area contributed by atoms with Crippen molar-refractivity contribution in [2.75, 3.05) is 11.9 Å². The highest BCUT2D eigenvalue weighted by Crippen LogP contribution is 2.25. The fourth-order valence-electron chi connectivity index (χ4n) is 3.04. The Morgan fingerprint density at radius 2 is 1.96 bits per heavy atom. The van der Waals surface area contributed by atoms with Crippen molar-refractivity contribution < 1.29 is 19.4 Å². The molecule has 0 aliphatic heterocycles. The third-order valence-corrected chi connectivity index (χ3v) is 4.43. The van der Waals surface area contributed by atoms with Crippen LogP contribution in [0.4, 0.5) is 5.69 Å². The average molecular weight is 366 g/mol. The maximum Gasteiger partial charge on any atom is 0.338 e. The normalized spacial score (nSPS) is 12.0. The molecule has 140 valence electrons. The van der Waals surface area contributed by atoms with E-state index in [1.807, 2.05) is 28.8 Å². The fraction of sp³-hybridized carbons (Fsp3) is 0.238. The van der Waals surface area contributed by atoms with Gasteiger partial charge in [-0.1, -0.05) is 24.3 Å². The van der Waals surface area contributed by atoms with E-state index in [0.717, 1.165) is 16.5 Å². The number of amides is 1. The number of nitrogens with zero attached hydrogens (tertiary/aromatic N) is 1. The van der Waals surface area contributed by atoms with E-state index in [1.54, 1.807) is 44.3 Å². The summed E-state index contributed by atoms with van der Waals surface area (Å²) < 4.78 is 6.83. The van der Waals surface area contributed by atoms with Crippen molar-refractivity contribution in [2.45, 2.75) is 26.5 Å². The molecule has 1 amide bonds. The van der Waals surface area contributed by atoms with Crippen LogP contribution < -0.4 is 5.32 Å². The van der Waals surface area contributed by atoms with Gasteiger partial charge >= 0.3 is 5.97 Å². The number of ether oxygens (including phenoxy) is 1. The first-order valence-corrected chi connectivity index (χ1v) is 8.82. The number of esters is 1. The van der Waals surface area contributed by atoms with Gasteiger partial charge in [0, 0.05) is 28.4 Å². The van der Waals surface area contributed by atoms with Gasteiger partial charge < -0.3 is 19.7 Å². The highest BCUT2D eigenvalue weighted by atomic mass is 16.5. The molecule has 2 aromatic carbocycles. The Labute approximate surface area is 157 Å². The molecule has 0 saturated carbocycles. The second-order valence-electron chi connectivity index (χ2n) is 6.20. The number of aliphatic hydroxyl groups is 1. The summed E-state index contributed by atoms with van der Waals surface area (Å²) in [6, 6.07) is 13.8. The molecular weight excluding hydrogens is 344 g/mol. The molecule has 1 atom stereocenters. The van der Waals surface area contributed by atoms with E-state index in [4.69, 9.17) is 4.74 Å². The van der Waals surface area contributed by atoms with Crippen molar-refractivity contribution in [1.82, 2.24) is 4.57 Å². The number of carbonyl (C=O) groups excluding carboxylic acids is 2. The number of aromatic nitrogens is 1. The summed E-state index contributed by atoms with van der Waals surface area (Å²) in [5.74, 6) is -0.646. The number of rotatable bonds is 6. The molecule has 1 heterocycles. The number of anilines is 1. The lowest BCUT2D eigenvalue weighted by molar-refractivity contribution is -0.118. The molecule has 0 aliphatic carbocycles. The zero-order chi connectivity index (χ0) is 19.4. The number of aliphatic hydroxyl groups excluding tert-OH is 1. The number of benzene rings is 2. The van der Waals surface area contributed by atoms with E-state index >= 15 is 0 Å². The van der Waals surface area contributed by atoms with E-state index in [0.29, 0.717) is 17.9 Å². The zero-order valence-corrected chi connectivity index (χ0v) is 15.3. The van der Waals surface area contributed by atoms with Crippen molar-refractivity contribution in [3.8, 4) is 0 Å². The summed E-state index contributed by atoms with van der Waals surface area (Å²) in [4.78, 5) is 24.6. The van der Waals surface area contributed by atoms with Crippen molar-refractivity contribution >= 4 is 28.5 Å². The quantitative estimate of drug-likeness (QED) is 0.654. The Morgan fingerprint density at radius 3 is 2.70 bits per heavy atom. The van der Waals surface area contributed by atoms with Crippen LogP contribution in [0.15, 0.2) is 54.7 Å². The molecule has 0 fully saturated rings. The van der Waals surface area contributed by atoms with Crippen LogP contribution in [0.3, 0.4) is 0 Å². The SMILES string of the molecule is CCOC(=O)c1cccc(NC(=O)C(C)n2cc(CO)c3ccccc32)c1. The molecule has 2 N–H and O–H groups in total. The van der Waals surface area contributed by atoms with Crippen molar-refractivity contribution in [3.63, 3.8) is 0 Å². The summed E-state index contributed by atoms with van der Waals surface area (Å²) in [5.41, 5.74) is 2.56. The third kappa shape index (κ3) is 3.85. The monoisotopic (exact) mass is 366 g/mol. The number of para-hydroxylation sites is 1. The lowest BCUT2D eigenvalue weighted by atomic mass is 10.2. The van der Waals surface area contributed by atoms with E-state index < -0.39 is 12.0 Å². The Kier molecular flexibility index (Phi) is 5.57. The van der Waals surface area contributed by atoms with E-state index in [-0.39, 0.29) is 12.5 Å². The minimum Gasteiger partial charge on any atom is -0.462 e. The van der Waals surface area contributed by atoms with Gasteiger partial charge in [-0.3, -0.25) is 4.79 Å². The van der Waals surface area contributed by atoms with Crippen LogP contribution in [0, 0.1) is 0 Å². The van der Waals surface area contributed by atoms with Gasteiger partial charge in [-0.25, -0.2) is 4.79 Å². The van der Waals surface area contributed by atoms with Crippen molar-refractivity contribution in [2.24, 2.45) is 0 Å².